The monoisotopic (exact) mass is 575 g/mol. The number of Topliss-reactive ketones (excluding diaryl/α,β-unsaturated/α-hetero) is 1. The Morgan fingerprint density at radius 1 is 1.10 bits per heavy atom. The number of benzene rings is 2. The fourth-order valence-electron chi connectivity index (χ4n) is 4.33. The van der Waals surface area contributed by atoms with E-state index < -0.39 is 53.4 Å². The molecule has 11 heteroatoms. The van der Waals surface area contributed by atoms with E-state index in [2.05, 4.69) is 5.32 Å². The van der Waals surface area contributed by atoms with E-state index in [0.717, 1.165) is 6.07 Å². The molecular weight excluding hydrogens is 541 g/mol. The number of amides is 2. The number of nitrogens with two attached hydrogens (primary N) is 1. The molecule has 0 radical (unpaired) electrons. The molecule has 0 bridgehead atoms. The zero-order valence-electron chi connectivity index (χ0n) is 23.6. The van der Waals surface area contributed by atoms with Crippen molar-refractivity contribution in [1.29, 1.82) is 0 Å². The largest absolute Gasteiger partial charge is 0.484 e. The fraction of sp³-hybridized carbons (Fsp3) is 0.448. The average Bonchev–Trinajstić information content (AvgIpc) is 2.89. The van der Waals surface area contributed by atoms with Crippen molar-refractivity contribution in [3.63, 3.8) is 0 Å². The van der Waals surface area contributed by atoms with Crippen LogP contribution in [0.4, 0.5) is 4.39 Å². The fourth-order valence-corrected chi connectivity index (χ4v) is 4.51. The van der Waals surface area contributed by atoms with Gasteiger partial charge in [-0.15, -0.1) is 0 Å². The predicted octanol–water partition coefficient (Wildman–Crippen LogP) is 4.07. The van der Waals surface area contributed by atoms with Gasteiger partial charge in [0.1, 0.15) is 23.2 Å². The molecule has 0 saturated heterocycles. The highest BCUT2D eigenvalue weighted by molar-refractivity contribution is 6.31. The van der Waals surface area contributed by atoms with Crippen LogP contribution in [0.25, 0.3) is 0 Å². The molecular formula is C29H35ClFN3O6. The van der Waals surface area contributed by atoms with Gasteiger partial charge in [-0.25, -0.2) is 9.18 Å². The SMILES string of the molecule is CC(=O)c1ccc2c(c1)[C@H](NC(=O)c1ccc(F)c(Cl)c1)[C@H](OC(=O)[C@H](C)N(C)C(=O)[C@@H](N)C(C)C)C(C)(C)O2. The minimum absolute atomic E-state index is 0.0754. The van der Waals surface area contributed by atoms with Gasteiger partial charge in [0.2, 0.25) is 5.91 Å². The molecule has 2 amide bonds. The summed E-state index contributed by atoms with van der Waals surface area (Å²) in [5, 5.41) is 2.62. The van der Waals surface area contributed by atoms with Crippen LogP contribution in [0.2, 0.25) is 5.02 Å². The molecule has 4 atom stereocenters. The summed E-state index contributed by atoms with van der Waals surface area (Å²) >= 11 is 5.89. The second-order valence-electron chi connectivity index (χ2n) is 10.8. The molecule has 3 N–H and O–H groups in total. The number of hydrogen-bond donors (Lipinski definition) is 2. The summed E-state index contributed by atoms with van der Waals surface area (Å²) in [7, 11) is 1.46. The maximum atomic E-state index is 13.7. The Hall–Kier alpha value is -3.50. The summed E-state index contributed by atoms with van der Waals surface area (Å²) in [6, 6.07) is 5.51. The van der Waals surface area contributed by atoms with Crippen LogP contribution < -0.4 is 15.8 Å². The summed E-state index contributed by atoms with van der Waals surface area (Å²) in [6.07, 6.45) is -1.10. The molecule has 3 rings (SSSR count). The number of hydrogen-bond acceptors (Lipinski definition) is 7. The zero-order valence-corrected chi connectivity index (χ0v) is 24.3. The van der Waals surface area contributed by atoms with Gasteiger partial charge in [-0.05, 0) is 70.0 Å². The van der Waals surface area contributed by atoms with E-state index in [0.29, 0.717) is 16.9 Å². The van der Waals surface area contributed by atoms with Crippen LogP contribution in [0.1, 0.15) is 73.9 Å². The lowest BCUT2D eigenvalue weighted by atomic mass is 9.85. The van der Waals surface area contributed by atoms with E-state index in [9.17, 15) is 23.6 Å². The Labute approximate surface area is 238 Å². The number of likely N-dealkylation sites (N-methyl/N-ethyl adjacent to an activating group) is 1. The van der Waals surface area contributed by atoms with Crippen LogP contribution in [0.3, 0.4) is 0 Å². The smallest absolute Gasteiger partial charge is 0.329 e. The molecule has 40 heavy (non-hydrogen) atoms. The van der Waals surface area contributed by atoms with Crippen LogP contribution in [0, 0.1) is 11.7 Å². The number of halogens is 2. The average molecular weight is 576 g/mol. The Morgan fingerprint density at radius 3 is 2.30 bits per heavy atom. The van der Waals surface area contributed by atoms with Crippen LogP contribution in [-0.2, 0) is 14.3 Å². The van der Waals surface area contributed by atoms with Gasteiger partial charge in [0.25, 0.3) is 5.91 Å². The van der Waals surface area contributed by atoms with Gasteiger partial charge in [0, 0.05) is 23.7 Å². The van der Waals surface area contributed by atoms with Crippen molar-refractivity contribution < 1.29 is 33.0 Å². The number of rotatable bonds is 8. The van der Waals surface area contributed by atoms with Crippen LogP contribution >= 0.6 is 11.6 Å². The maximum absolute atomic E-state index is 13.7. The van der Waals surface area contributed by atoms with E-state index in [-0.39, 0.29) is 22.3 Å². The summed E-state index contributed by atoms with van der Waals surface area (Å²) < 4.78 is 25.8. The molecule has 9 nitrogen and oxygen atoms in total. The van der Waals surface area contributed by atoms with Crippen molar-refractivity contribution in [3.8, 4) is 5.75 Å². The predicted molar refractivity (Wildman–Crippen MR) is 148 cm³/mol. The van der Waals surface area contributed by atoms with E-state index in [1.807, 2.05) is 0 Å². The van der Waals surface area contributed by atoms with Gasteiger partial charge in [-0.1, -0.05) is 25.4 Å². The maximum Gasteiger partial charge on any atom is 0.329 e. The lowest BCUT2D eigenvalue weighted by Gasteiger charge is -2.44. The van der Waals surface area contributed by atoms with Crippen LogP contribution in [0.5, 0.6) is 5.75 Å². The van der Waals surface area contributed by atoms with E-state index in [1.165, 1.54) is 37.9 Å². The van der Waals surface area contributed by atoms with Crippen molar-refractivity contribution in [2.45, 2.75) is 71.4 Å². The quantitative estimate of drug-likeness (QED) is 0.359. The van der Waals surface area contributed by atoms with E-state index in [1.54, 1.807) is 45.9 Å². The Morgan fingerprint density at radius 2 is 1.73 bits per heavy atom. The first-order valence-electron chi connectivity index (χ1n) is 12.9. The molecule has 0 aliphatic carbocycles. The van der Waals surface area contributed by atoms with E-state index in [4.69, 9.17) is 26.8 Å². The van der Waals surface area contributed by atoms with Gasteiger partial charge < -0.3 is 25.4 Å². The second kappa shape index (κ2) is 11.9. The Kier molecular flexibility index (Phi) is 9.26. The highest BCUT2D eigenvalue weighted by Crippen LogP contribution is 2.42. The van der Waals surface area contributed by atoms with Crippen molar-refractivity contribution >= 4 is 35.2 Å². The molecule has 216 valence electrons. The minimum atomic E-state index is -1.16. The number of nitrogens with zero attached hydrogens (tertiary/aromatic N) is 1. The molecule has 1 aliphatic heterocycles. The van der Waals surface area contributed by atoms with Gasteiger partial charge in [0.05, 0.1) is 17.1 Å². The summed E-state index contributed by atoms with van der Waals surface area (Å²) in [5.41, 5.74) is 5.68. The lowest BCUT2D eigenvalue weighted by molar-refractivity contribution is -0.172. The second-order valence-corrected chi connectivity index (χ2v) is 11.3. The lowest BCUT2D eigenvalue weighted by Crippen LogP contribution is -2.57. The number of fused-ring (bicyclic) bond motifs is 1. The first-order chi connectivity index (χ1) is 18.5. The standard InChI is InChI=1S/C29H35ClFN3O6/c1-14(2)23(32)27(37)34(7)15(3)28(38)39-25-24(33-26(36)18-8-10-21(31)20(30)13-18)19-12-17(16(4)35)9-11-22(19)40-29(25,5)6/h8-15,23-25H,32H2,1-7H3,(H,33,36)/t15-,23-,24-,25-/m0/s1. The molecule has 1 heterocycles. The third-order valence-electron chi connectivity index (χ3n) is 7.10. The summed E-state index contributed by atoms with van der Waals surface area (Å²) in [5.74, 6) is -2.45. The molecule has 1 aliphatic rings. The number of carbonyl (C=O) groups excluding carboxylic acids is 4. The molecule has 0 fully saturated rings. The Bertz CT molecular complexity index is 1330. The first kappa shape index (κ1) is 31.0. The number of esters is 1. The van der Waals surface area contributed by atoms with Gasteiger partial charge in [0.15, 0.2) is 11.9 Å². The highest BCUT2D eigenvalue weighted by Gasteiger charge is 2.48. The van der Waals surface area contributed by atoms with Gasteiger partial charge in [-0.2, -0.15) is 0 Å². The van der Waals surface area contributed by atoms with Gasteiger partial charge in [-0.3, -0.25) is 14.4 Å². The van der Waals surface area contributed by atoms with Crippen molar-refractivity contribution in [3.05, 3.63) is 63.9 Å². The van der Waals surface area contributed by atoms with Crippen LogP contribution in [-0.4, -0.2) is 59.3 Å². The number of carbonyl (C=O) groups is 4. The summed E-state index contributed by atoms with van der Waals surface area (Å²) in [4.78, 5) is 52.8. The molecule has 0 saturated carbocycles. The molecule has 0 spiro atoms. The molecule has 2 aromatic rings. The van der Waals surface area contributed by atoms with Gasteiger partial charge >= 0.3 is 5.97 Å². The number of ketones is 1. The normalized spacial score (nSPS) is 19.1. The van der Waals surface area contributed by atoms with Crippen molar-refractivity contribution in [1.82, 2.24) is 10.2 Å². The Balaban J connectivity index is 2.01. The first-order valence-corrected chi connectivity index (χ1v) is 13.3. The minimum Gasteiger partial charge on any atom is -0.484 e. The third kappa shape index (κ3) is 6.45. The topological polar surface area (TPSA) is 128 Å². The third-order valence-corrected chi connectivity index (χ3v) is 7.39. The number of ether oxygens (including phenoxy) is 2. The van der Waals surface area contributed by atoms with Crippen molar-refractivity contribution in [2.75, 3.05) is 7.05 Å². The van der Waals surface area contributed by atoms with Crippen molar-refractivity contribution in [2.24, 2.45) is 11.7 Å². The number of nitrogens with one attached hydrogen (secondary N) is 1. The highest BCUT2D eigenvalue weighted by atomic mass is 35.5. The summed E-state index contributed by atoms with van der Waals surface area (Å²) in [6.45, 7) is 9.90. The van der Waals surface area contributed by atoms with E-state index >= 15 is 0 Å². The zero-order chi connectivity index (χ0) is 30.1. The molecule has 0 unspecified atom stereocenters. The molecule has 0 aromatic heterocycles. The molecule has 2 aromatic carbocycles. The van der Waals surface area contributed by atoms with Crippen LogP contribution in [0.15, 0.2) is 36.4 Å².